The van der Waals surface area contributed by atoms with Gasteiger partial charge in [-0.15, -0.1) is 24.0 Å². The minimum absolute atomic E-state index is 0. The van der Waals surface area contributed by atoms with E-state index in [1.54, 1.807) is 13.2 Å². The number of aliphatic imine (C=N–C) groups is 1. The van der Waals surface area contributed by atoms with Gasteiger partial charge in [0.25, 0.3) is 0 Å². The predicted molar refractivity (Wildman–Crippen MR) is 127 cm³/mol. The molecule has 2 N–H and O–H groups in total. The number of halogens is 1. The number of hydrogen-bond acceptors (Lipinski definition) is 5. The van der Waals surface area contributed by atoms with E-state index in [-0.39, 0.29) is 24.0 Å². The Hall–Kier alpha value is -2.07. The van der Waals surface area contributed by atoms with E-state index >= 15 is 0 Å². The van der Waals surface area contributed by atoms with Crippen LogP contribution < -0.4 is 20.1 Å². The monoisotopic (exact) mass is 514 g/mol. The van der Waals surface area contributed by atoms with Crippen molar-refractivity contribution in [1.82, 2.24) is 15.6 Å². The van der Waals surface area contributed by atoms with Gasteiger partial charge in [0.15, 0.2) is 5.96 Å². The van der Waals surface area contributed by atoms with Crippen molar-refractivity contribution in [3.8, 4) is 17.4 Å². The number of aromatic nitrogens is 1. The predicted octanol–water partition coefficient (Wildman–Crippen LogP) is 3.98. The number of hydrogen-bond donors (Lipinski definition) is 2. The van der Waals surface area contributed by atoms with Gasteiger partial charge in [-0.25, -0.2) is 4.98 Å². The fourth-order valence-electron chi connectivity index (χ4n) is 2.37. The van der Waals surface area contributed by atoms with E-state index in [0.29, 0.717) is 50.5 Å². The van der Waals surface area contributed by atoms with Crippen LogP contribution in [0, 0.1) is 0 Å². The maximum Gasteiger partial charge on any atom is 0.224 e. The Bertz CT molecular complexity index is 726. The molecule has 7 nitrogen and oxygen atoms in total. The van der Waals surface area contributed by atoms with Crippen molar-refractivity contribution in [2.45, 2.75) is 26.8 Å². The molecule has 1 aromatic heterocycles. The summed E-state index contributed by atoms with van der Waals surface area (Å²) in [5.74, 6) is 2.80. The van der Waals surface area contributed by atoms with Crippen LogP contribution in [-0.2, 0) is 11.3 Å². The molecule has 0 fully saturated rings. The molecule has 160 valence electrons. The molecule has 0 unspecified atom stereocenters. The number of benzene rings is 1. The maximum absolute atomic E-state index is 5.96. The maximum atomic E-state index is 5.96. The summed E-state index contributed by atoms with van der Waals surface area (Å²) in [5.41, 5.74) is 0.932. The van der Waals surface area contributed by atoms with E-state index in [2.05, 4.69) is 27.5 Å². The molecule has 0 saturated carbocycles. The highest BCUT2D eigenvalue weighted by atomic mass is 127. The number of pyridine rings is 1. The van der Waals surface area contributed by atoms with Crippen molar-refractivity contribution in [2.75, 3.05) is 33.4 Å². The van der Waals surface area contributed by atoms with Gasteiger partial charge in [-0.2, -0.15) is 0 Å². The van der Waals surface area contributed by atoms with Gasteiger partial charge in [-0.3, -0.25) is 4.99 Å². The van der Waals surface area contributed by atoms with E-state index in [1.165, 1.54) is 0 Å². The molecule has 29 heavy (non-hydrogen) atoms. The lowest BCUT2D eigenvalue weighted by Gasteiger charge is -2.14. The van der Waals surface area contributed by atoms with Gasteiger partial charge in [0.1, 0.15) is 11.5 Å². The lowest BCUT2D eigenvalue weighted by Crippen LogP contribution is -2.38. The lowest BCUT2D eigenvalue weighted by molar-refractivity contribution is 0.152. The summed E-state index contributed by atoms with van der Waals surface area (Å²) in [6.07, 6.45) is 2.69. The van der Waals surface area contributed by atoms with Crippen molar-refractivity contribution >= 4 is 29.9 Å². The molecule has 8 heteroatoms. The van der Waals surface area contributed by atoms with Crippen molar-refractivity contribution in [2.24, 2.45) is 4.99 Å². The Labute approximate surface area is 190 Å². The van der Waals surface area contributed by atoms with Crippen LogP contribution in [0.1, 0.15) is 25.8 Å². The highest BCUT2D eigenvalue weighted by Crippen LogP contribution is 2.25. The van der Waals surface area contributed by atoms with Crippen molar-refractivity contribution in [3.05, 3.63) is 48.2 Å². The van der Waals surface area contributed by atoms with Gasteiger partial charge >= 0.3 is 0 Å². The largest absolute Gasteiger partial charge is 0.494 e. The molecule has 0 bridgehead atoms. The number of ether oxygens (including phenoxy) is 3. The van der Waals surface area contributed by atoms with E-state index in [1.807, 2.05) is 43.3 Å². The molecule has 0 radical (unpaired) electrons. The third-order valence-corrected chi connectivity index (χ3v) is 3.77. The van der Waals surface area contributed by atoms with Gasteiger partial charge < -0.3 is 24.8 Å². The Balaban J connectivity index is 0.00000420. The van der Waals surface area contributed by atoms with Gasteiger partial charge in [0.2, 0.25) is 5.88 Å². The van der Waals surface area contributed by atoms with Crippen molar-refractivity contribution < 1.29 is 14.2 Å². The number of nitrogens with one attached hydrogen (secondary N) is 2. The summed E-state index contributed by atoms with van der Waals surface area (Å²) in [6, 6.07) is 11.4. The highest BCUT2D eigenvalue weighted by Gasteiger charge is 2.08. The molecule has 0 aliphatic heterocycles. The molecule has 1 heterocycles. The number of rotatable bonds is 11. The van der Waals surface area contributed by atoms with Crippen molar-refractivity contribution in [3.63, 3.8) is 0 Å². The van der Waals surface area contributed by atoms with Crippen LogP contribution in [0.5, 0.6) is 17.4 Å². The highest BCUT2D eigenvalue weighted by molar-refractivity contribution is 14.0. The van der Waals surface area contributed by atoms with Gasteiger partial charge in [0.05, 0.1) is 13.2 Å². The van der Waals surface area contributed by atoms with Crippen LogP contribution in [0.25, 0.3) is 0 Å². The quantitative estimate of drug-likeness (QED) is 0.205. The Morgan fingerprint density at radius 1 is 1.03 bits per heavy atom. The smallest absolute Gasteiger partial charge is 0.224 e. The molecule has 2 rings (SSSR count). The van der Waals surface area contributed by atoms with Crippen LogP contribution >= 0.6 is 24.0 Å². The Morgan fingerprint density at radius 3 is 2.48 bits per heavy atom. The second-order valence-corrected chi connectivity index (χ2v) is 5.94. The Kier molecular flexibility index (Phi) is 12.8. The molecular weight excluding hydrogens is 483 g/mol. The first-order chi connectivity index (χ1) is 13.8. The second kappa shape index (κ2) is 14.9. The SMILES string of the molecule is CCCOc1ccc(Oc2ncccc2CNC(=NC)NCCOCC)cc1.I. The van der Waals surface area contributed by atoms with Crippen LogP contribution in [0.3, 0.4) is 0 Å². The zero-order chi connectivity index (χ0) is 20.0. The Morgan fingerprint density at radius 2 is 1.79 bits per heavy atom. The summed E-state index contributed by atoms with van der Waals surface area (Å²) < 4.78 is 16.9. The van der Waals surface area contributed by atoms with Gasteiger partial charge in [-0.1, -0.05) is 13.0 Å². The summed E-state index contributed by atoms with van der Waals surface area (Å²) in [6.45, 7) is 7.33. The summed E-state index contributed by atoms with van der Waals surface area (Å²) in [7, 11) is 1.73. The first-order valence-corrected chi connectivity index (χ1v) is 9.63. The molecule has 0 amide bonds. The molecule has 0 saturated heterocycles. The van der Waals surface area contributed by atoms with Gasteiger partial charge in [0, 0.05) is 38.5 Å². The third kappa shape index (κ3) is 9.31. The molecule has 0 aliphatic rings. The summed E-state index contributed by atoms with van der Waals surface area (Å²) in [5, 5.41) is 6.47. The molecule has 0 spiro atoms. The molecule has 2 aromatic rings. The molecular formula is C21H31IN4O3. The minimum Gasteiger partial charge on any atom is -0.494 e. The molecule has 0 atom stereocenters. The number of guanidine groups is 1. The lowest BCUT2D eigenvalue weighted by atomic mass is 10.2. The summed E-state index contributed by atoms with van der Waals surface area (Å²) in [4.78, 5) is 8.57. The minimum atomic E-state index is 0. The van der Waals surface area contributed by atoms with Crippen molar-refractivity contribution in [1.29, 1.82) is 0 Å². The van der Waals surface area contributed by atoms with Crippen LogP contribution in [-0.4, -0.2) is 44.4 Å². The standard InChI is InChI=1S/C21H30N4O3.HI/c1-4-14-27-18-8-10-19(11-9-18)28-20-17(7-6-12-23-20)16-25-21(22-3)24-13-15-26-5-2;/h6-12H,4-5,13-16H2,1-3H3,(H2,22,24,25);1H. The molecule has 0 aliphatic carbocycles. The fourth-order valence-corrected chi connectivity index (χ4v) is 2.37. The number of nitrogens with zero attached hydrogens (tertiary/aromatic N) is 2. The molecule has 1 aromatic carbocycles. The van der Waals surface area contributed by atoms with E-state index in [0.717, 1.165) is 17.7 Å². The van der Waals surface area contributed by atoms with Gasteiger partial charge in [-0.05, 0) is 43.7 Å². The topological polar surface area (TPSA) is 77.0 Å². The second-order valence-electron chi connectivity index (χ2n) is 5.94. The van der Waals surface area contributed by atoms with Crippen LogP contribution in [0.4, 0.5) is 0 Å². The normalized spacial score (nSPS) is 10.8. The van der Waals surface area contributed by atoms with E-state index in [9.17, 15) is 0 Å². The first-order valence-electron chi connectivity index (χ1n) is 9.63. The zero-order valence-corrected chi connectivity index (χ0v) is 19.6. The van der Waals surface area contributed by atoms with Crippen LogP contribution in [0.2, 0.25) is 0 Å². The van der Waals surface area contributed by atoms with E-state index < -0.39 is 0 Å². The zero-order valence-electron chi connectivity index (χ0n) is 17.3. The first kappa shape index (κ1) is 25.0. The van der Waals surface area contributed by atoms with E-state index in [4.69, 9.17) is 14.2 Å². The average molecular weight is 514 g/mol. The average Bonchev–Trinajstić information content (AvgIpc) is 2.74. The summed E-state index contributed by atoms with van der Waals surface area (Å²) >= 11 is 0. The third-order valence-electron chi connectivity index (χ3n) is 3.77. The van der Waals surface area contributed by atoms with Crippen LogP contribution in [0.15, 0.2) is 47.6 Å². The fraction of sp³-hybridized carbons (Fsp3) is 0.429.